The van der Waals surface area contributed by atoms with Crippen molar-refractivity contribution in [3.8, 4) is 6.07 Å². The van der Waals surface area contributed by atoms with Crippen LogP contribution in [-0.4, -0.2) is 68.9 Å². The summed E-state index contributed by atoms with van der Waals surface area (Å²) in [6, 6.07) is 17.0. The lowest BCUT2D eigenvalue weighted by molar-refractivity contribution is -0.144. The third-order valence-corrected chi connectivity index (χ3v) is 11.6. The van der Waals surface area contributed by atoms with Gasteiger partial charge in [-0.05, 0) is 92.6 Å². The number of nitrogens with one attached hydrogen (secondary N) is 1. The maximum absolute atomic E-state index is 14.7. The number of halogens is 1. The van der Waals surface area contributed by atoms with E-state index in [1.54, 1.807) is 0 Å². The van der Waals surface area contributed by atoms with E-state index >= 15 is 0 Å². The monoisotopic (exact) mass is 642 g/mol. The third-order valence-electron chi connectivity index (χ3n) is 10.3. The summed E-state index contributed by atoms with van der Waals surface area (Å²) in [4.78, 5) is 40.8. The number of rotatable bonds is 5. The van der Waals surface area contributed by atoms with E-state index in [1.807, 2.05) is 58.3 Å². The average Bonchev–Trinajstić information content (AvgIpc) is 3.35. The number of benzene rings is 2. The van der Waals surface area contributed by atoms with Crippen LogP contribution in [0.25, 0.3) is 0 Å². The Balaban J connectivity index is 1.26. The lowest BCUT2D eigenvalue weighted by Gasteiger charge is -2.38. The van der Waals surface area contributed by atoms with Gasteiger partial charge in [0.25, 0.3) is 5.91 Å². The molecule has 0 radical (unpaired) electrons. The highest BCUT2D eigenvalue weighted by Crippen LogP contribution is 2.56. The highest BCUT2D eigenvalue weighted by Gasteiger charge is 2.55. The topological polar surface area (TPSA) is 92.0 Å². The minimum Gasteiger partial charge on any atom is -0.338 e. The summed E-state index contributed by atoms with van der Waals surface area (Å²) >= 11 is 7.76. The van der Waals surface area contributed by atoms with E-state index in [9.17, 15) is 14.9 Å². The number of hydrogen-bond donors (Lipinski definition) is 1. The van der Waals surface area contributed by atoms with Crippen molar-refractivity contribution < 1.29 is 9.59 Å². The number of amides is 2. The van der Waals surface area contributed by atoms with Gasteiger partial charge in [-0.3, -0.25) is 9.59 Å². The highest BCUT2D eigenvalue weighted by atomic mass is 35.5. The molecule has 7 rings (SSSR count). The smallest absolute Gasteiger partial charge is 0.263 e. The van der Waals surface area contributed by atoms with Crippen molar-refractivity contribution in [2.75, 3.05) is 19.6 Å². The van der Waals surface area contributed by atoms with Crippen LogP contribution in [0.15, 0.2) is 64.1 Å². The molecule has 8 nitrogen and oxygen atoms in total. The van der Waals surface area contributed by atoms with Crippen LogP contribution in [0.3, 0.4) is 0 Å². The van der Waals surface area contributed by atoms with Crippen LogP contribution in [0, 0.1) is 17.2 Å². The minimum absolute atomic E-state index is 0.0252. The number of piperazine rings is 1. The molecule has 1 aliphatic carbocycles. The van der Waals surface area contributed by atoms with Gasteiger partial charge >= 0.3 is 0 Å². The predicted octanol–water partition coefficient (Wildman–Crippen LogP) is 5.80. The zero-order valence-electron chi connectivity index (χ0n) is 26.2. The number of carbonyl (C=O) groups excluding carboxylic acids is 2. The Morgan fingerprint density at radius 3 is 2.47 bits per heavy atom. The van der Waals surface area contributed by atoms with Crippen LogP contribution in [-0.2, 0) is 15.1 Å². The molecule has 0 aromatic heterocycles. The number of nitriles is 1. The third kappa shape index (κ3) is 5.06. The van der Waals surface area contributed by atoms with Crippen LogP contribution in [0.1, 0.15) is 76.1 Å². The molecule has 2 saturated heterocycles. The molecule has 4 heterocycles. The Labute approximate surface area is 274 Å². The molecule has 1 N–H and O–H groups in total. The number of nitrogens with zero attached hydrogens (tertiary/aromatic N) is 5. The Morgan fingerprint density at radius 1 is 1.11 bits per heavy atom. The SMILES string of the molecule is CC(C)C1=C(C(=O)N2[C@H](C)CC[C@H]2C(=O)N2CCNC3(CC3)C2)SC2=N[C@@](C)(c3ccc(C#N)cc3)[C@@H](c3ccc(Cl)cc3)N21. The molecule has 0 unspecified atom stereocenters. The van der Waals surface area contributed by atoms with E-state index in [2.05, 4.69) is 44.0 Å². The van der Waals surface area contributed by atoms with E-state index in [4.69, 9.17) is 16.6 Å². The number of fused-ring (bicyclic) bond motifs is 1. The Morgan fingerprint density at radius 2 is 1.82 bits per heavy atom. The van der Waals surface area contributed by atoms with E-state index in [0.29, 0.717) is 28.5 Å². The van der Waals surface area contributed by atoms with Gasteiger partial charge in [-0.1, -0.05) is 49.7 Å². The largest absolute Gasteiger partial charge is 0.338 e. The summed E-state index contributed by atoms with van der Waals surface area (Å²) in [6.07, 6.45) is 3.71. The fourth-order valence-electron chi connectivity index (χ4n) is 7.69. The van der Waals surface area contributed by atoms with Gasteiger partial charge in [0.1, 0.15) is 16.5 Å². The molecule has 2 aromatic rings. The Kier molecular flexibility index (Phi) is 7.54. The summed E-state index contributed by atoms with van der Waals surface area (Å²) in [5.41, 5.74) is 2.96. The first-order chi connectivity index (χ1) is 21.5. The molecule has 1 spiro atoms. The van der Waals surface area contributed by atoms with Crippen molar-refractivity contribution in [3.05, 3.63) is 80.8 Å². The molecule has 45 heavy (non-hydrogen) atoms. The molecule has 2 aromatic carbocycles. The average molecular weight is 643 g/mol. The number of hydrogen-bond acceptors (Lipinski definition) is 7. The standard InChI is InChI=1S/C35H39ClN6O2S/c1-21(2)28-29(32(44)41-22(3)5-14-27(41)31(43)40-18-17-38-35(20-40)15-16-35)45-33-39-34(4,25-10-6-23(19-37)7-11-25)30(42(28)33)24-8-12-26(36)13-9-24/h6-13,21-22,27,30,38H,5,14-18,20H2,1-4H3/t22-,27+,30-,34+/m1/s1. The number of amidine groups is 1. The molecule has 5 aliphatic rings. The fourth-order valence-corrected chi connectivity index (χ4v) is 9.16. The predicted molar refractivity (Wildman–Crippen MR) is 177 cm³/mol. The first-order valence-electron chi connectivity index (χ1n) is 16.0. The van der Waals surface area contributed by atoms with Gasteiger partial charge in [-0.15, -0.1) is 0 Å². The molecular formula is C35H39ClN6O2S. The van der Waals surface area contributed by atoms with Crippen LogP contribution < -0.4 is 5.32 Å². The molecule has 234 valence electrons. The summed E-state index contributed by atoms with van der Waals surface area (Å²) in [6.45, 7) is 10.6. The molecule has 2 amide bonds. The van der Waals surface area contributed by atoms with E-state index in [1.165, 1.54) is 11.8 Å². The maximum atomic E-state index is 14.7. The van der Waals surface area contributed by atoms with Gasteiger partial charge < -0.3 is 20.0 Å². The summed E-state index contributed by atoms with van der Waals surface area (Å²) in [7, 11) is 0. The Hall–Kier alpha value is -3.32. The van der Waals surface area contributed by atoms with Gasteiger partial charge in [0.2, 0.25) is 5.91 Å². The van der Waals surface area contributed by atoms with Crippen molar-refractivity contribution in [2.45, 2.75) is 82.6 Å². The second-order valence-corrected chi connectivity index (χ2v) is 15.1. The van der Waals surface area contributed by atoms with E-state index in [-0.39, 0.29) is 35.4 Å². The molecule has 10 heteroatoms. The molecule has 1 saturated carbocycles. The molecule has 4 atom stereocenters. The highest BCUT2D eigenvalue weighted by molar-refractivity contribution is 8.18. The van der Waals surface area contributed by atoms with E-state index < -0.39 is 11.6 Å². The lowest BCUT2D eigenvalue weighted by Crippen LogP contribution is -2.58. The molecule has 3 fully saturated rings. The van der Waals surface area contributed by atoms with Crippen molar-refractivity contribution in [2.24, 2.45) is 10.9 Å². The second kappa shape index (κ2) is 11.2. The van der Waals surface area contributed by atoms with Crippen molar-refractivity contribution in [3.63, 3.8) is 0 Å². The van der Waals surface area contributed by atoms with E-state index in [0.717, 1.165) is 54.3 Å². The summed E-state index contributed by atoms with van der Waals surface area (Å²) < 4.78 is 0. The fraction of sp³-hybridized carbons (Fsp3) is 0.486. The van der Waals surface area contributed by atoms with Crippen molar-refractivity contribution in [1.29, 1.82) is 5.26 Å². The van der Waals surface area contributed by atoms with Gasteiger partial charge in [0.15, 0.2) is 5.17 Å². The molecule has 0 bridgehead atoms. The first-order valence-corrected chi connectivity index (χ1v) is 17.2. The van der Waals surface area contributed by atoms with Crippen LogP contribution in [0.5, 0.6) is 0 Å². The number of likely N-dealkylation sites (tertiary alicyclic amines) is 1. The number of aliphatic imine (C=N–C) groups is 1. The number of thioether (sulfide) groups is 1. The molecular weight excluding hydrogens is 604 g/mol. The van der Waals surface area contributed by atoms with Gasteiger partial charge in [-0.2, -0.15) is 5.26 Å². The van der Waals surface area contributed by atoms with Gasteiger partial charge in [0.05, 0.1) is 17.7 Å². The van der Waals surface area contributed by atoms with Crippen molar-refractivity contribution >= 4 is 40.3 Å². The lowest BCUT2D eigenvalue weighted by atomic mass is 9.81. The van der Waals surface area contributed by atoms with Crippen LogP contribution in [0.4, 0.5) is 0 Å². The number of carbonyl (C=O) groups is 2. The Bertz CT molecular complexity index is 1640. The first kappa shape index (κ1) is 30.3. The maximum Gasteiger partial charge on any atom is 0.263 e. The summed E-state index contributed by atoms with van der Waals surface area (Å²) in [5.74, 6) is 0.0352. The van der Waals surface area contributed by atoms with Crippen LogP contribution >= 0.6 is 23.4 Å². The zero-order valence-corrected chi connectivity index (χ0v) is 27.8. The minimum atomic E-state index is -0.681. The van der Waals surface area contributed by atoms with Crippen molar-refractivity contribution in [1.82, 2.24) is 20.0 Å². The molecule has 4 aliphatic heterocycles. The van der Waals surface area contributed by atoms with Gasteiger partial charge in [-0.25, -0.2) is 4.99 Å². The van der Waals surface area contributed by atoms with Crippen LogP contribution in [0.2, 0.25) is 5.02 Å². The van der Waals surface area contributed by atoms with Gasteiger partial charge in [0, 0.05) is 41.9 Å². The second-order valence-electron chi connectivity index (χ2n) is 13.6. The summed E-state index contributed by atoms with van der Waals surface area (Å²) in [5, 5.41) is 14.4. The zero-order chi connectivity index (χ0) is 31.7. The normalized spacial score (nSPS) is 28.5. The number of allylic oxidation sites excluding steroid dienone is 1. The quantitative estimate of drug-likeness (QED) is 0.444.